The van der Waals surface area contributed by atoms with Gasteiger partial charge in [0.05, 0.1) is 11.9 Å². The van der Waals surface area contributed by atoms with Gasteiger partial charge in [-0.15, -0.1) is 0 Å². The van der Waals surface area contributed by atoms with Gasteiger partial charge in [-0.25, -0.2) is 0 Å². The van der Waals surface area contributed by atoms with E-state index in [4.69, 9.17) is 0 Å². The van der Waals surface area contributed by atoms with Gasteiger partial charge in [0.2, 0.25) is 0 Å². The molecule has 0 spiro atoms. The smallest absolute Gasteiger partial charge is 0.461 e. The van der Waals surface area contributed by atoms with Crippen LogP contribution in [0.15, 0.2) is 103 Å². The van der Waals surface area contributed by atoms with Crippen LogP contribution >= 0.6 is 0 Å². The van der Waals surface area contributed by atoms with Crippen LogP contribution in [-0.4, -0.2) is 22.6 Å². The fourth-order valence-corrected chi connectivity index (χ4v) is 3.84. The predicted octanol–water partition coefficient (Wildman–Crippen LogP) is 6.62. The molecule has 1 aromatic heterocycles. The van der Waals surface area contributed by atoms with Crippen LogP contribution in [0.2, 0.25) is 0 Å². The van der Waals surface area contributed by atoms with Gasteiger partial charge in [-0.2, -0.15) is 17.6 Å². The lowest BCUT2D eigenvalue weighted by atomic mass is 9.80. The van der Waals surface area contributed by atoms with Crippen LogP contribution in [0.5, 0.6) is 11.5 Å². The number of ether oxygens (including phenoxy) is 1. The highest BCUT2D eigenvalue weighted by Crippen LogP contribution is 2.38. The minimum atomic E-state index is -4.61. The van der Waals surface area contributed by atoms with Gasteiger partial charge >= 0.3 is 12.5 Å². The highest BCUT2D eigenvalue weighted by Gasteiger charge is 2.44. The van der Waals surface area contributed by atoms with Crippen LogP contribution in [0.25, 0.3) is 0 Å². The molecule has 2 N–H and O–H groups in total. The molecule has 4 aromatic rings. The van der Waals surface area contributed by atoms with Crippen molar-refractivity contribution in [3.63, 3.8) is 0 Å². The van der Waals surface area contributed by atoms with Gasteiger partial charge in [0, 0.05) is 12.1 Å². The number of rotatable bonds is 9. The Bertz CT molecular complexity index is 1180. The Balaban J connectivity index is 1.84. The molecule has 0 fully saturated rings. The summed E-state index contributed by atoms with van der Waals surface area (Å²) in [4.78, 5) is 4.46. The Morgan fingerprint density at radius 2 is 1.46 bits per heavy atom. The second-order valence-corrected chi connectivity index (χ2v) is 7.95. The largest absolute Gasteiger partial charge is 0.506 e. The zero-order valence-corrected chi connectivity index (χ0v) is 18.4. The second kappa shape index (κ2) is 10.0. The third-order valence-electron chi connectivity index (χ3n) is 5.48. The summed E-state index contributed by atoms with van der Waals surface area (Å²) < 4.78 is 56.3. The fourth-order valence-electron chi connectivity index (χ4n) is 3.84. The van der Waals surface area contributed by atoms with Crippen LogP contribution < -0.4 is 10.1 Å². The quantitative estimate of drug-likeness (QED) is 0.263. The summed E-state index contributed by atoms with van der Waals surface area (Å²) in [6.45, 7) is 0. The molecule has 1 unspecified atom stereocenters. The van der Waals surface area contributed by atoms with Crippen LogP contribution in [0, 0.1) is 0 Å². The molecule has 0 saturated carbocycles. The Morgan fingerprint density at radius 1 is 0.829 bits per heavy atom. The molecule has 1 heterocycles. The zero-order valence-electron chi connectivity index (χ0n) is 18.4. The fraction of sp³-hybridized carbons (Fsp3) is 0.148. The summed E-state index contributed by atoms with van der Waals surface area (Å²) in [5.41, 5.74) is 1.88. The molecule has 0 aliphatic carbocycles. The van der Waals surface area contributed by atoms with Crippen molar-refractivity contribution >= 4 is 5.69 Å². The number of para-hydroxylation sites is 1. The topological polar surface area (TPSA) is 54.4 Å². The number of alkyl halides is 4. The summed E-state index contributed by atoms with van der Waals surface area (Å²) >= 11 is 0. The number of aromatic nitrogens is 1. The van der Waals surface area contributed by atoms with E-state index in [1.807, 2.05) is 60.7 Å². The first-order valence-corrected chi connectivity index (χ1v) is 10.8. The van der Waals surface area contributed by atoms with E-state index in [9.17, 15) is 22.7 Å². The predicted molar refractivity (Wildman–Crippen MR) is 125 cm³/mol. The minimum Gasteiger partial charge on any atom is -0.506 e. The van der Waals surface area contributed by atoms with Gasteiger partial charge in [-0.05, 0) is 47.5 Å². The number of anilines is 1. The van der Waals surface area contributed by atoms with E-state index in [-0.39, 0.29) is 5.75 Å². The van der Waals surface area contributed by atoms with E-state index in [2.05, 4.69) is 15.0 Å². The van der Waals surface area contributed by atoms with E-state index in [1.54, 1.807) is 6.07 Å². The molecule has 0 amide bonds. The molecule has 0 radical (unpaired) electrons. The van der Waals surface area contributed by atoms with Crippen molar-refractivity contribution in [3.05, 3.63) is 120 Å². The third kappa shape index (κ3) is 5.54. The van der Waals surface area contributed by atoms with E-state index in [0.717, 1.165) is 11.3 Å². The molecule has 0 saturated heterocycles. The molecule has 1 atom stereocenters. The van der Waals surface area contributed by atoms with E-state index in [1.165, 1.54) is 36.5 Å². The maximum Gasteiger partial charge on any atom is 0.461 e. The lowest BCUT2D eigenvalue weighted by Crippen LogP contribution is -2.40. The first-order chi connectivity index (χ1) is 16.8. The van der Waals surface area contributed by atoms with Crippen molar-refractivity contribution in [1.82, 2.24) is 4.98 Å². The third-order valence-corrected chi connectivity index (χ3v) is 5.48. The normalized spacial score (nSPS) is 13.3. The molecular formula is C27H22F4N2O2. The van der Waals surface area contributed by atoms with Crippen LogP contribution in [-0.2, 0) is 12.0 Å². The van der Waals surface area contributed by atoms with Crippen molar-refractivity contribution < 1.29 is 27.4 Å². The van der Waals surface area contributed by atoms with Gasteiger partial charge in [0.15, 0.2) is 0 Å². The first kappa shape index (κ1) is 24.1. The number of hydrogen-bond acceptors (Lipinski definition) is 4. The highest BCUT2D eigenvalue weighted by molar-refractivity contribution is 5.54. The maximum atomic E-state index is 13.4. The Labute approximate surface area is 199 Å². The highest BCUT2D eigenvalue weighted by atomic mass is 19.3. The van der Waals surface area contributed by atoms with Gasteiger partial charge < -0.3 is 15.2 Å². The first-order valence-electron chi connectivity index (χ1n) is 10.8. The van der Waals surface area contributed by atoms with Gasteiger partial charge in [0.1, 0.15) is 17.0 Å². The SMILES string of the molecule is Oc1ccc(C(Cc2ccccc2)(Nc2ccccc2)c2ccc(OC(F)(F)C(F)F)cc2)nc1. The molecule has 4 nitrogen and oxygen atoms in total. The molecule has 0 aliphatic heterocycles. The van der Waals surface area contributed by atoms with Crippen molar-refractivity contribution in [3.8, 4) is 11.5 Å². The lowest BCUT2D eigenvalue weighted by molar-refractivity contribution is -0.253. The molecule has 8 heteroatoms. The van der Waals surface area contributed by atoms with Gasteiger partial charge in [-0.1, -0.05) is 60.7 Å². The lowest BCUT2D eigenvalue weighted by Gasteiger charge is -2.36. The Morgan fingerprint density at radius 3 is 2.03 bits per heavy atom. The molecule has 0 aliphatic rings. The number of benzene rings is 3. The molecule has 4 rings (SSSR count). The summed E-state index contributed by atoms with van der Waals surface area (Å²) in [6.07, 6.45) is -6.85. The zero-order chi connectivity index (χ0) is 24.9. The van der Waals surface area contributed by atoms with Crippen molar-refractivity contribution in [2.24, 2.45) is 0 Å². The van der Waals surface area contributed by atoms with Gasteiger partial charge in [0.25, 0.3) is 0 Å². The van der Waals surface area contributed by atoms with Crippen molar-refractivity contribution in [2.75, 3.05) is 5.32 Å². The molecule has 3 aromatic carbocycles. The second-order valence-electron chi connectivity index (χ2n) is 7.95. The molecule has 0 bridgehead atoms. The summed E-state index contributed by atoms with van der Waals surface area (Å²) in [5, 5.41) is 13.4. The number of aromatic hydroxyl groups is 1. The Hall–Kier alpha value is -4.07. The number of hydrogen-bond donors (Lipinski definition) is 2. The summed E-state index contributed by atoms with van der Waals surface area (Å²) in [7, 11) is 0. The molecule has 35 heavy (non-hydrogen) atoms. The standard InChI is InChI=1S/C27H22F4N2O2/c28-25(29)27(30,31)35-23-14-11-20(12-15-23)26(17-19-7-3-1-4-8-19,24-16-13-22(34)18-32-24)33-21-9-5-2-6-10-21/h1-16,18,25,33-34H,17H2. The monoisotopic (exact) mass is 482 g/mol. The number of nitrogens with one attached hydrogen (secondary N) is 1. The number of nitrogens with zero attached hydrogens (tertiary/aromatic N) is 1. The maximum absolute atomic E-state index is 13.4. The summed E-state index contributed by atoms with van der Waals surface area (Å²) in [5.74, 6) is -0.411. The summed E-state index contributed by atoms with van der Waals surface area (Å²) in [6, 6.07) is 27.6. The van der Waals surface area contributed by atoms with E-state index >= 15 is 0 Å². The number of halogens is 4. The van der Waals surface area contributed by atoms with Crippen molar-refractivity contribution in [2.45, 2.75) is 24.5 Å². The molecular weight excluding hydrogens is 460 g/mol. The van der Waals surface area contributed by atoms with E-state index in [0.29, 0.717) is 17.7 Å². The average molecular weight is 482 g/mol. The molecule has 180 valence electrons. The minimum absolute atomic E-state index is 0.0138. The number of pyridine rings is 1. The van der Waals surface area contributed by atoms with Crippen LogP contribution in [0.1, 0.15) is 16.8 Å². The van der Waals surface area contributed by atoms with Crippen molar-refractivity contribution in [1.29, 1.82) is 0 Å². The van der Waals surface area contributed by atoms with Crippen LogP contribution in [0.3, 0.4) is 0 Å². The average Bonchev–Trinajstić information content (AvgIpc) is 2.85. The van der Waals surface area contributed by atoms with Gasteiger partial charge in [-0.3, -0.25) is 4.98 Å². The van der Waals surface area contributed by atoms with Crippen LogP contribution in [0.4, 0.5) is 23.2 Å². The van der Waals surface area contributed by atoms with E-state index < -0.39 is 23.8 Å². The Kier molecular flexibility index (Phi) is 6.91.